The molecule has 0 saturated heterocycles. The molecule has 2 saturated carbocycles. The van der Waals surface area contributed by atoms with Crippen LogP contribution < -0.4 is 0 Å². The molecule has 0 N–H and O–H groups in total. The van der Waals surface area contributed by atoms with E-state index in [9.17, 15) is 0 Å². The minimum atomic E-state index is 0.819. The van der Waals surface area contributed by atoms with Crippen molar-refractivity contribution in [2.75, 3.05) is 0 Å². The summed E-state index contributed by atoms with van der Waals surface area (Å²) in [6, 6.07) is 9.77. The molecule has 0 nitrogen and oxygen atoms in total. The normalized spacial score (nSPS) is 33.3. The largest absolute Gasteiger partial charge is 0.0804 e. The maximum absolute atomic E-state index is 2.60. The van der Waals surface area contributed by atoms with Crippen LogP contribution in [-0.2, 0) is 0 Å². The third-order valence-electron chi connectivity index (χ3n) is 8.88. The van der Waals surface area contributed by atoms with Gasteiger partial charge >= 0.3 is 0 Å². The molecule has 0 aliphatic heterocycles. The summed E-state index contributed by atoms with van der Waals surface area (Å²) in [6.07, 6.45) is 22.6. The molecule has 0 aromatic heterocycles. The summed E-state index contributed by atoms with van der Waals surface area (Å²) >= 11 is 0. The second-order valence-corrected chi connectivity index (χ2v) is 10.6. The highest BCUT2D eigenvalue weighted by atomic mass is 14.3. The zero-order valence-corrected chi connectivity index (χ0v) is 19.2. The zero-order valence-electron chi connectivity index (χ0n) is 19.2. The number of rotatable bonds is 6. The first kappa shape index (κ1) is 21.2. The maximum atomic E-state index is 2.60. The Morgan fingerprint density at radius 3 is 2.00 bits per heavy atom. The van der Waals surface area contributed by atoms with Crippen LogP contribution >= 0.6 is 0 Å². The van der Waals surface area contributed by atoms with E-state index in [-0.39, 0.29) is 0 Å². The van der Waals surface area contributed by atoms with E-state index >= 15 is 0 Å². The van der Waals surface area contributed by atoms with Gasteiger partial charge < -0.3 is 0 Å². The highest BCUT2D eigenvalue weighted by Gasteiger charge is 2.28. The van der Waals surface area contributed by atoms with Crippen molar-refractivity contribution >= 4 is 5.57 Å². The first-order valence-electron chi connectivity index (χ1n) is 13.1. The van der Waals surface area contributed by atoms with Crippen LogP contribution in [0.25, 0.3) is 5.57 Å². The molecule has 0 heteroatoms. The van der Waals surface area contributed by atoms with Gasteiger partial charge in [0, 0.05) is 0 Å². The van der Waals surface area contributed by atoms with E-state index in [4.69, 9.17) is 0 Å². The fourth-order valence-corrected chi connectivity index (χ4v) is 6.77. The Hall–Kier alpha value is -1.04. The first-order chi connectivity index (χ1) is 14.3. The first-order valence-corrected chi connectivity index (χ1v) is 13.1. The number of hydrogen-bond donors (Lipinski definition) is 0. The van der Waals surface area contributed by atoms with Crippen LogP contribution in [0.1, 0.15) is 121 Å². The Bertz CT molecular complexity index is 635. The lowest BCUT2D eigenvalue weighted by Crippen LogP contribution is -2.23. The van der Waals surface area contributed by atoms with E-state index in [0.717, 1.165) is 29.6 Å². The molecule has 1 aromatic carbocycles. The standard InChI is InChI=1S/C29H44/c1-3-5-23-8-12-25(13-9-23)27-16-20-29(21-17-27)28-18-14-26(15-19-28)24-10-6-22(4-2)7-11-24/h14-15,18-20,22-25,27H,3-13,16-17,21H2,1-2H3. The van der Waals surface area contributed by atoms with Gasteiger partial charge in [-0.2, -0.15) is 0 Å². The zero-order chi connectivity index (χ0) is 20.1. The molecule has 0 radical (unpaired) electrons. The Morgan fingerprint density at radius 2 is 1.41 bits per heavy atom. The van der Waals surface area contributed by atoms with Gasteiger partial charge in [0.25, 0.3) is 0 Å². The molecule has 0 heterocycles. The molecule has 2 fully saturated rings. The van der Waals surface area contributed by atoms with Crippen molar-refractivity contribution < 1.29 is 0 Å². The summed E-state index contributed by atoms with van der Waals surface area (Å²) in [6.45, 7) is 4.71. The molecule has 3 aliphatic rings. The molecule has 160 valence electrons. The molecular formula is C29H44. The van der Waals surface area contributed by atoms with Crippen LogP contribution in [0, 0.1) is 23.7 Å². The average Bonchev–Trinajstić information content (AvgIpc) is 2.80. The fourth-order valence-electron chi connectivity index (χ4n) is 6.77. The number of benzene rings is 1. The fraction of sp³-hybridized carbons (Fsp3) is 0.724. The van der Waals surface area contributed by atoms with E-state index in [1.54, 1.807) is 11.1 Å². The van der Waals surface area contributed by atoms with Crippen molar-refractivity contribution in [2.24, 2.45) is 23.7 Å². The maximum Gasteiger partial charge on any atom is -0.0162 e. The van der Waals surface area contributed by atoms with Crippen molar-refractivity contribution in [3.8, 4) is 0 Å². The van der Waals surface area contributed by atoms with Gasteiger partial charge in [0.05, 0.1) is 0 Å². The Labute approximate surface area is 180 Å². The highest BCUT2D eigenvalue weighted by molar-refractivity contribution is 5.66. The van der Waals surface area contributed by atoms with Crippen LogP contribution in [-0.4, -0.2) is 0 Å². The lowest BCUT2D eigenvalue weighted by atomic mass is 9.70. The van der Waals surface area contributed by atoms with Crippen LogP contribution in [0.4, 0.5) is 0 Å². The summed E-state index contributed by atoms with van der Waals surface area (Å²) < 4.78 is 0. The van der Waals surface area contributed by atoms with E-state index in [1.807, 2.05) is 0 Å². The van der Waals surface area contributed by atoms with Crippen LogP contribution in [0.15, 0.2) is 30.3 Å². The smallest absolute Gasteiger partial charge is 0.0162 e. The minimum absolute atomic E-state index is 0.819. The summed E-state index contributed by atoms with van der Waals surface area (Å²) in [5, 5.41) is 0. The monoisotopic (exact) mass is 392 g/mol. The lowest BCUT2D eigenvalue weighted by Gasteiger charge is -2.35. The SMILES string of the molecule is CCCC1CCC(C2CC=C(c3ccc(C4CCC(CC)CC4)cc3)CC2)CC1. The van der Waals surface area contributed by atoms with Crippen molar-refractivity contribution in [1.82, 2.24) is 0 Å². The third kappa shape index (κ3) is 5.36. The summed E-state index contributed by atoms with van der Waals surface area (Å²) in [7, 11) is 0. The summed E-state index contributed by atoms with van der Waals surface area (Å²) in [4.78, 5) is 0. The second kappa shape index (κ2) is 10.3. The molecule has 1 unspecified atom stereocenters. The lowest BCUT2D eigenvalue weighted by molar-refractivity contribution is 0.189. The van der Waals surface area contributed by atoms with Gasteiger partial charge in [-0.3, -0.25) is 0 Å². The molecule has 1 atom stereocenters. The average molecular weight is 393 g/mol. The minimum Gasteiger partial charge on any atom is -0.0804 e. The molecule has 4 rings (SSSR count). The molecule has 1 aromatic rings. The Morgan fingerprint density at radius 1 is 0.724 bits per heavy atom. The van der Waals surface area contributed by atoms with Gasteiger partial charge in [0.1, 0.15) is 0 Å². The van der Waals surface area contributed by atoms with Gasteiger partial charge in [-0.05, 0) is 104 Å². The molecule has 0 bridgehead atoms. The summed E-state index contributed by atoms with van der Waals surface area (Å²) in [5.41, 5.74) is 4.73. The van der Waals surface area contributed by atoms with E-state index in [2.05, 4.69) is 44.2 Å². The van der Waals surface area contributed by atoms with Gasteiger partial charge in [0.2, 0.25) is 0 Å². The highest BCUT2D eigenvalue weighted by Crippen LogP contribution is 2.42. The number of allylic oxidation sites excluding steroid dienone is 2. The van der Waals surface area contributed by atoms with Gasteiger partial charge in [0.15, 0.2) is 0 Å². The second-order valence-electron chi connectivity index (χ2n) is 10.6. The van der Waals surface area contributed by atoms with Crippen LogP contribution in [0.2, 0.25) is 0 Å². The predicted octanol–water partition coefficient (Wildman–Crippen LogP) is 9.16. The van der Waals surface area contributed by atoms with E-state index in [0.29, 0.717) is 0 Å². The number of hydrogen-bond acceptors (Lipinski definition) is 0. The van der Waals surface area contributed by atoms with E-state index in [1.165, 1.54) is 95.5 Å². The molecule has 3 aliphatic carbocycles. The van der Waals surface area contributed by atoms with Gasteiger partial charge in [-0.15, -0.1) is 0 Å². The summed E-state index contributed by atoms with van der Waals surface area (Å²) in [5.74, 6) is 4.84. The molecular weight excluding hydrogens is 348 g/mol. The predicted molar refractivity (Wildman–Crippen MR) is 127 cm³/mol. The van der Waals surface area contributed by atoms with Crippen molar-refractivity contribution in [2.45, 2.75) is 110 Å². The van der Waals surface area contributed by atoms with Crippen molar-refractivity contribution in [1.29, 1.82) is 0 Å². The van der Waals surface area contributed by atoms with Crippen LogP contribution in [0.5, 0.6) is 0 Å². The van der Waals surface area contributed by atoms with Crippen LogP contribution in [0.3, 0.4) is 0 Å². The van der Waals surface area contributed by atoms with Crippen molar-refractivity contribution in [3.63, 3.8) is 0 Å². The van der Waals surface area contributed by atoms with Crippen molar-refractivity contribution in [3.05, 3.63) is 41.5 Å². The van der Waals surface area contributed by atoms with Gasteiger partial charge in [-0.25, -0.2) is 0 Å². The van der Waals surface area contributed by atoms with Gasteiger partial charge in [-0.1, -0.05) is 76.3 Å². The molecule has 0 spiro atoms. The topological polar surface area (TPSA) is 0 Å². The quantitative estimate of drug-likeness (QED) is 0.452. The Kier molecular flexibility index (Phi) is 7.54. The Balaban J connectivity index is 1.29. The molecule has 0 amide bonds. The molecule has 29 heavy (non-hydrogen) atoms. The third-order valence-corrected chi connectivity index (χ3v) is 8.88. The van der Waals surface area contributed by atoms with E-state index < -0.39 is 0 Å².